The van der Waals surface area contributed by atoms with E-state index in [4.69, 9.17) is 0 Å². The quantitative estimate of drug-likeness (QED) is 0.525. The molecule has 0 aliphatic rings. The lowest BCUT2D eigenvalue weighted by Gasteiger charge is -2.30. The van der Waals surface area contributed by atoms with Crippen molar-refractivity contribution in [2.24, 2.45) is 11.3 Å². The van der Waals surface area contributed by atoms with Crippen molar-refractivity contribution in [2.45, 2.75) is 41.0 Å². The summed E-state index contributed by atoms with van der Waals surface area (Å²) in [6, 6.07) is 0. The van der Waals surface area contributed by atoms with Crippen LogP contribution in [0.5, 0.6) is 0 Å². The molecule has 0 amide bonds. The van der Waals surface area contributed by atoms with Gasteiger partial charge in [0.25, 0.3) is 0 Å². The van der Waals surface area contributed by atoms with Crippen LogP contribution in [0.2, 0.25) is 0 Å². The Bertz CT molecular complexity index is 120. The minimum atomic E-state index is 0.422. The highest BCUT2D eigenvalue weighted by Gasteiger charge is 2.23. The first kappa shape index (κ1) is 9.74. The Balaban J connectivity index is 4.17. The third kappa shape index (κ3) is 2.17. The maximum Gasteiger partial charge on any atom is -0.0186 e. The molecule has 0 aliphatic carbocycles. The molecule has 60 valence electrons. The van der Waals surface area contributed by atoms with Gasteiger partial charge in [0.05, 0.1) is 0 Å². The van der Waals surface area contributed by atoms with Crippen molar-refractivity contribution < 1.29 is 0 Å². The summed E-state index contributed by atoms with van der Waals surface area (Å²) >= 11 is 0. The summed E-state index contributed by atoms with van der Waals surface area (Å²) in [6.07, 6.45) is 1.22. The minimum absolute atomic E-state index is 0.422. The summed E-state index contributed by atoms with van der Waals surface area (Å²) in [5.74, 6) is 0.637. The third-order valence-electron chi connectivity index (χ3n) is 2.82. The second-order valence-corrected chi connectivity index (χ2v) is 3.91. The molecule has 0 fully saturated rings. The Morgan fingerprint density at radius 1 is 1.50 bits per heavy atom. The Hall–Kier alpha value is -0.260. The molecule has 1 atom stereocenters. The van der Waals surface area contributed by atoms with Gasteiger partial charge in [0.15, 0.2) is 0 Å². The molecule has 10 heavy (non-hydrogen) atoms. The van der Waals surface area contributed by atoms with Crippen molar-refractivity contribution in [1.29, 1.82) is 0 Å². The molecule has 0 aromatic heterocycles. The summed E-state index contributed by atoms with van der Waals surface area (Å²) < 4.78 is 0. The predicted octanol–water partition coefficient (Wildman–Crippen LogP) is 3.63. The van der Waals surface area contributed by atoms with E-state index >= 15 is 0 Å². The predicted molar refractivity (Wildman–Crippen MR) is 48.1 cm³/mol. The van der Waals surface area contributed by atoms with Crippen molar-refractivity contribution in [2.75, 3.05) is 0 Å². The molecule has 0 radical (unpaired) electrons. The van der Waals surface area contributed by atoms with Crippen LogP contribution in [-0.2, 0) is 0 Å². The molecule has 1 unspecified atom stereocenters. The topological polar surface area (TPSA) is 0 Å². The molecule has 0 nitrogen and oxygen atoms in total. The van der Waals surface area contributed by atoms with Gasteiger partial charge in [0, 0.05) is 0 Å². The normalized spacial score (nSPS) is 14.9. The van der Waals surface area contributed by atoms with E-state index < -0.39 is 0 Å². The van der Waals surface area contributed by atoms with E-state index in [2.05, 4.69) is 41.2 Å². The molecule has 0 aromatic rings. The van der Waals surface area contributed by atoms with E-state index in [9.17, 15) is 0 Å². The zero-order valence-electron chi connectivity index (χ0n) is 7.99. The first-order valence-electron chi connectivity index (χ1n) is 4.07. The van der Waals surface area contributed by atoms with Crippen LogP contribution < -0.4 is 0 Å². The van der Waals surface area contributed by atoms with Crippen molar-refractivity contribution >= 4 is 0 Å². The van der Waals surface area contributed by atoms with Crippen LogP contribution in [0.15, 0.2) is 12.2 Å². The average Bonchev–Trinajstić information content (AvgIpc) is 1.86. The Kier molecular flexibility index (Phi) is 3.14. The van der Waals surface area contributed by atoms with E-state index in [-0.39, 0.29) is 0 Å². The highest BCUT2D eigenvalue weighted by molar-refractivity contribution is 4.99. The largest absolute Gasteiger partial charge is 0.0999 e. The monoisotopic (exact) mass is 140 g/mol. The van der Waals surface area contributed by atoms with Gasteiger partial charge in [-0.05, 0) is 18.3 Å². The van der Waals surface area contributed by atoms with Gasteiger partial charge in [0.1, 0.15) is 0 Å². The Morgan fingerprint density at radius 2 is 1.90 bits per heavy atom. The van der Waals surface area contributed by atoms with Gasteiger partial charge >= 0.3 is 0 Å². The van der Waals surface area contributed by atoms with Crippen LogP contribution >= 0.6 is 0 Å². The van der Waals surface area contributed by atoms with E-state index in [0.717, 1.165) is 0 Å². The van der Waals surface area contributed by atoms with E-state index in [1.807, 2.05) is 0 Å². The van der Waals surface area contributed by atoms with Crippen LogP contribution in [0.4, 0.5) is 0 Å². The van der Waals surface area contributed by atoms with E-state index in [1.165, 1.54) is 12.0 Å². The number of hydrogen-bond acceptors (Lipinski definition) is 0. The molecule has 0 spiro atoms. The molecule has 0 heterocycles. The van der Waals surface area contributed by atoms with Gasteiger partial charge in [-0.3, -0.25) is 0 Å². The molecule has 0 rings (SSSR count). The van der Waals surface area contributed by atoms with E-state index in [0.29, 0.717) is 11.3 Å². The fourth-order valence-corrected chi connectivity index (χ4v) is 0.973. The van der Waals surface area contributed by atoms with Gasteiger partial charge in [-0.15, -0.1) is 0 Å². The summed E-state index contributed by atoms with van der Waals surface area (Å²) in [6.45, 7) is 15.2. The van der Waals surface area contributed by atoms with Gasteiger partial charge in [-0.1, -0.05) is 46.3 Å². The van der Waals surface area contributed by atoms with Gasteiger partial charge in [-0.2, -0.15) is 0 Å². The maximum atomic E-state index is 3.97. The second kappa shape index (κ2) is 3.23. The van der Waals surface area contributed by atoms with Crippen LogP contribution in [0, 0.1) is 11.3 Å². The smallest absolute Gasteiger partial charge is 0.0186 e. The lowest BCUT2D eigenvalue weighted by molar-refractivity contribution is 0.255. The average molecular weight is 140 g/mol. The fraction of sp³-hybridized carbons (Fsp3) is 0.800. The minimum Gasteiger partial charge on any atom is -0.0999 e. The summed E-state index contributed by atoms with van der Waals surface area (Å²) in [5, 5.41) is 0. The lowest BCUT2D eigenvalue weighted by atomic mass is 9.75. The molecular formula is C10H20. The van der Waals surface area contributed by atoms with Crippen molar-refractivity contribution in [1.82, 2.24) is 0 Å². The highest BCUT2D eigenvalue weighted by Crippen LogP contribution is 2.33. The molecule has 0 aromatic carbocycles. The number of rotatable bonds is 3. The molecule has 0 saturated heterocycles. The Labute approximate surface area is 65.3 Å². The highest BCUT2D eigenvalue weighted by atomic mass is 14.3. The molecule has 0 aliphatic heterocycles. The maximum absolute atomic E-state index is 3.97. The molecular weight excluding hydrogens is 120 g/mol. The summed E-state index contributed by atoms with van der Waals surface area (Å²) in [5.41, 5.74) is 1.72. The third-order valence-corrected chi connectivity index (χ3v) is 2.82. The van der Waals surface area contributed by atoms with Crippen molar-refractivity contribution in [3.05, 3.63) is 12.2 Å². The number of allylic oxidation sites excluding steroid dienone is 1. The molecule has 0 bridgehead atoms. The molecule has 0 heteroatoms. The van der Waals surface area contributed by atoms with Crippen LogP contribution in [0.1, 0.15) is 41.0 Å². The van der Waals surface area contributed by atoms with Crippen LogP contribution in [0.25, 0.3) is 0 Å². The lowest BCUT2D eigenvalue weighted by Crippen LogP contribution is -2.20. The standard InChI is InChI=1S/C10H20/c1-7-10(5,6)9(4)8(2)3/h9H,2,7H2,1,3-6H3. The second-order valence-electron chi connectivity index (χ2n) is 3.91. The zero-order chi connectivity index (χ0) is 8.36. The first-order valence-corrected chi connectivity index (χ1v) is 4.07. The fourth-order valence-electron chi connectivity index (χ4n) is 0.973. The van der Waals surface area contributed by atoms with Crippen molar-refractivity contribution in [3.8, 4) is 0 Å². The molecule has 0 N–H and O–H groups in total. The van der Waals surface area contributed by atoms with Crippen LogP contribution in [-0.4, -0.2) is 0 Å². The van der Waals surface area contributed by atoms with E-state index in [1.54, 1.807) is 0 Å². The van der Waals surface area contributed by atoms with Gasteiger partial charge in [-0.25, -0.2) is 0 Å². The Morgan fingerprint density at radius 3 is 2.00 bits per heavy atom. The molecule has 0 saturated carbocycles. The van der Waals surface area contributed by atoms with Crippen LogP contribution in [0.3, 0.4) is 0 Å². The zero-order valence-corrected chi connectivity index (χ0v) is 7.99. The number of hydrogen-bond donors (Lipinski definition) is 0. The first-order chi connectivity index (χ1) is 4.41. The SMILES string of the molecule is C=C(C)C(C)C(C)(C)CC. The van der Waals surface area contributed by atoms with Gasteiger partial charge < -0.3 is 0 Å². The summed E-state index contributed by atoms with van der Waals surface area (Å²) in [7, 11) is 0. The summed E-state index contributed by atoms with van der Waals surface area (Å²) in [4.78, 5) is 0. The van der Waals surface area contributed by atoms with Gasteiger partial charge in [0.2, 0.25) is 0 Å². The van der Waals surface area contributed by atoms with Crippen molar-refractivity contribution in [3.63, 3.8) is 0 Å².